The number of ether oxygens (including phenoxy) is 1. The standard InChI is InChI=1S/C30H39N6O3S/c1-4-28(37)36-15-14-34(16-23(36)20-40(3)38)29-25-17-35(27-12-11-21-8-5-6-10-24(21)27)18-26(25)31-30(32-29)39-19-22-9-7-13-33(22)2/h4-6,8,10,22-23H,1,7,9,11-20H2,2-3H3/q+1/t22-,23+,40?/m0/s1. The third kappa shape index (κ3) is 5.31. The number of aromatic nitrogens is 2. The van der Waals surface area contributed by atoms with Crippen molar-refractivity contribution >= 4 is 28.2 Å². The second kappa shape index (κ2) is 11.4. The first-order chi connectivity index (χ1) is 19.4. The maximum Gasteiger partial charge on any atom is 0.318 e. The molecule has 1 aromatic heterocycles. The number of fused-ring (bicyclic) bond motifs is 2. The molecule has 212 valence electrons. The van der Waals surface area contributed by atoms with Gasteiger partial charge in [-0.2, -0.15) is 9.97 Å². The highest BCUT2D eigenvalue weighted by Crippen LogP contribution is 2.33. The number of likely N-dealkylation sites (tertiary alicyclic amines) is 1. The predicted molar refractivity (Wildman–Crippen MR) is 157 cm³/mol. The van der Waals surface area contributed by atoms with Gasteiger partial charge in [0.05, 0.1) is 11.6 Å². The summed E-state index contributed by atoms with van der Waals surface area (Å²) in [7, 11) is 1.10. The Morgan fingerprint density at radius 3 is 2.80 bits per heavy atom. The van der Waals surface area contributed by atoms with Crippen LogP contribution < -0.4 is 9.64 Å². The zero-order valence-corrected chi connectivity index (χ0v) is 24.4. The number of benzene rings is 1. The van der Waals surface area contributed by atoms with Crippen molar-refractivity contribution in [3.63, 3.8) is 0 Å². The van der Waals surface area contributed by atoms with Gasteiger partial charge >= 0.3 is 6.01 Å². The predicted octanol–water partition coefficient (Wildman–Crippen LogP) is 1.99. The monoisotopic (exact) mass is 563 g/mol. The van der Waals surface area contributed by atoms with Crippen molar-refractivity contribution < 1.29 is 18.3 Å². The smallest absolute Gasteiger partial charge is 0.318 e. The van der Waals surface area contributed by atoms with Crippen molar-refractivity contribution in [2.75, 3.05) is 56.7 Å². The average molecular weight is 564 g/mol. The number of likely N-dealkylation sites (N-methyl/N-ethyl adjacent to an activating group) is 1. The largest absolute Gasteiger partial charge is 0.462 e. The Balaban J connectivity index is 1.33. The second-order valence-electron chi connectivity index (χ2n) is 11.4. The molecule has 0 saturated carbocycles. The van der Waals surface area contributed by atoms with Crippen LogP contribution in [-0.4, -0.2) is 104 Å². The van der Waals surface area contributed by atoms with Gasteiger partial charge in [0.15, 0.2) is 18.8 Å². The fourth-order valence-electron chi connectivity index (χ4n) is 6.70. The molecule has 1 amide bonds. The fourth-order valence-corrected chi connectivity index (χ4v) is 7.52. The highest BCUT2D eigenvalue weighted by atomic mass is 32.2. The third-order valence-corrected chi connectivity index (χ3v) is 9.68. The molecule has 9 nitrogen and oxygen atoms in total. The molecule has 0 bridgehead atoms. The van der Waals surface area contributed by atoms with E-state index in [0.717, 1.165) is 56.0 Å². The number of hydrogen-bond donors (Lipinski definition) is 0. The average Bonchev–Trinajstić information content (AvgIpc) is 3.68. The van der Waals surface area contributed by atoms with Crippen LogP contribution in [0.5, 0.6) is 6.01 Å². The number of nitrogens with zero attached hydrogens (tertiary/aromatic N) is 6. The Hall–Kier alpha value is -3.11. The van der Waals surface area contributed by atoms with Crippen LogP contribution in [0.15, 0.2) is 36.9 Å². The van der Waals surface area contributed by atoms with Gasteiger partial charge in [0, 0.05) is 60.5 Å². The number of amides is 1. The molecule has 3 atom stereocenters. The van der Waals surface area contributed by atoms with Crippen LogP contribution in [0, 0.1) is 0 Å². The first kappa shape index (κ1) is 27.1. The zero-order valence-electron chi connectivity index (χ0n) is 23.6. The molecule has 2 saturated heterocycles. The molecular weight excluding hydrogens is 524 g/mol. The van der Waals surface area contributed by atoms with E-state index < -0.39 is 10.8 Å². The van der Waals surface area contributed by atoms with Crippen LogP contribution in [-0.2, 0) is 35.1 Å². The first-order valence-corrected chi connectivity index (χ1v) is 16.0. The van der Waals surface area contributed by atoms with E-state index in [1.54, 1.807) is 11.2 Å². The van der Waals surface area contributed by atoms with Crippen molar-refractivity contribution in [2.24, 2.45) is 0 Å². The highest BCUT2D eigenvalue weighted by molar-refractivity contribution is 7.84. The Bertz CT molecular complexity index is 1380. The lowest BCUT2D eigenvalue weighted by molar-refractivity contribution is -0.549. The van der Waals surface area contributed by atoms with Gasteiger partial charge in [-0.3, -0.25) is 9.00 Å². The molecule has 10 heteroatoms. The van der Waals surface area contributed by atoms with E-state index in [2.05, 4.69) is 52.3 Å². The van der Waals surface area contributed by atoms with Gasteiger partial charge < -0.3 is 19.4 Å². The zero-order chi connectivity index (χ0) is 27.8. The molecule has 2 aromatic rings. The van der Waals surface area contributed by atoms with E-state index in [4.69, 9.17) is 14.7 Å². The molecule has 1 aromatic carbocycles. The third-order valence-electron chi connectivity index (χ3n) is 8.82. The maximum absolute atomic E-state index is 12.6. The molecule has 3 aliphatic heterocycles. The van der Waals surface area contributed by atoms with E-state index in [-0.39, 0.29) is 11.9 Å². The van der Waals surface area contributed by atoms with Crippen molar-refractivity contribution in [3.05, 3.63) is 59.3 Å². The fraction of sp³-hybridized carbons (Fsp3) is 0.533. The topological polar surface area (TPSA) is 81.9 Å². The van der Waals surface area contributed by atoms with Crippen LogP contribution in [0.3, 0.4) is 0 Å². The summed E-state index contributed by atoms with van der Waals surface area (Å²) in [5.41, 5.74) is 6.25. The Kier molecular flexibility index (Phi) is 7.72. The second-order valence-corrected chi connectivity index (χ2v) is 12.9. The van der Waals surface area contributed by atoms with Crippen molar-refractivity contribution in [1.29, 1.82) is 0 Å². The molecule has 4 aliphatic rings. The molecule has 1 aliphatic carbocycles. The van der Waals surface area contributed by atoms with E-state index in [1.807, 2.05) is 0 Å². The highest BCUT2D eigenvalue weighted by Gasteiger charge is 2.38. The van der Waals surface area contributed by atoms with Crippen LogP contribution >= 0.6 is 0 Å². The Labute approximate surface area is 239 Å². The number of anilines is 1. The maximum atomic E-state index is 12.6. The molecule has 1 unspecified atom stereocenters. The quantitative estimate of drug-likeness (QED) is 0.377. The Morgan fingerprint density at radius 2 is 2.02 bits per heavy atom. The summed E-state index contributed by atoms with van der Waals surface area (Å²) in [6, 6.07) is 9.31. The van der Waals surface area contributed by atoms with Crippen LogP contribution in [0.4, 0.5) is 5.82 Å². The van der Waals surface area contributed by atoms with Crippen molar-refractivity contribution in [1.82, 2.24) is 19.8 Å². The van der Waals surface area contributed by atoms with Crippen LogP contribution in [0.25, 0.3) is 0 Å². The van der Waals surface area contributed by atoms with Crippen LogP contribution in [0.1, 0.15) is 41.6 Å². The summed E-state index contributed by atoms with van der Waals surface area (Å²) in [5, 5.41) is 0. The molecule has 6 rings (SSSR count). The summed E-state index contributed by atoms with van der Waals surface area (Å²) in [5.74, 6) is 1.18. The minimum atomic E-state index is -1.04. The first-order valence-electron chi connectivity index (χ1n) is 14.3. The molecule has 0 radical (unpaired) electrons. The molecule has 2 fully saturated rings. The minimum absolute atomic E-state index is 0.116. The van der Waals surface area contributed by atoms with Gasteiger partial charge in [0.2, 0.25) is 5.91 Å². The lowest BCUT2D eigenvalue weighted by Gasteiger charge is -2.41. The van der Waals surface area contributed by atoms with Crippen LogP contribution in [0.2, 0.25) is 0 Å². The summed E-state index contributed by atoms with van der Waals surface area (Å²) in [4.78, 5) is 28.9. The van der Waals surface area contributed by atoms with Gasteiger partial charge in [0.1, 0.15) is 18.1 Å². The molecule has 0 spiro atoms. The number of hydrogen-bond acceptors (Lipinski definition) is 7. The number of rotatable bonds is 7. The van der Waals surface area contributed by atoms with E-state index in [1.165, 1.54) is 29.3 Å². The van der Waals surface area contributed by atoms with Crippen molar-refractivity contribution in [3.8, 4) is 6.01 Å². The van der Waals surface area contributed by atoms with E-state index >= 15 is 0 Å². The van der Waals surface area contributed by atoms with Gasteiger partial charge in [0.25, 0.3) is 0 Å². The number of aryl methyl sites for hydroxylation is 1. The number of carbonyl (C=O) groups is 1. The van der Waals surface area contributed by atoms with E-state index in [9.17, 15) is 9.00 Å². The summed E-state index contributed by atoms with van der Waals surface area (Å²) < 4.78 is 21.0. The Morgan fingerprint density at radius 1 is 1.18 bits per heavy atom. The van der Waals surface area contributed by atoms with E-state index in [0.29, 0.717) is 44.0 Å². The molecular formula is C30H39N6O3S+. The summed E-state index contributed by atoms with van der Waals surface area (Å²) >= 11 is 0. The normalized spacial score (nSPS) is 25.1. The molecule has 4 heterocycles. The van der Waals surface area contributed by atoms with Crippen molar-refractivity contribution in [2.45, 2.75) is 50.9 Å². The van der Waals surface area contributed by atoms with Gasteiger partial charge in [-0.05, 0) is 50.6 Å². The summed E-state index contributed by atoms with van der Waals surface area (Å²) in [6.07, 6.45) is 7.44. The SMILES string of the molecule is C=CC(=O)N1CCN(c2nc(OC[C@@H]3CCCN3C)nc3c2C[N+](=C2CCc4ccccc42)C3)C[C@@H]1CS(C)=O. The summed E-state index contributed by atoms with van der Waals surface area (Å²) in [6.45, 7) is 8.54. The van der Waals surface area contributed by atoms with Gasteiger partial charge in [-0.15, -0.1) is 0 Å². The molecule has 40 heavy (non-hydrogen) atoms. The molecule has 0 N–H and O–H groups in total. The van der Waals surface area contributed by atoms with Gasteiger partial charge in [-0.1, -0.05) is 24.8 Å². The number of carbonyl (C=O) groups excluding carboxylic acids is 1. The minimum Gasteiger partial charge on any atom is -0.462 e. The lowest BCUT2D eigenvalue weighted by Crippen LogP contribution is -2.57. The lowest BCUT2D eigenvalue weighted by atomic mass is 10.1. The number of piperazine rings is 1. The van der Waals surface area contributed by atoms with Gasteiger partial charge in [-0.25, -0.2) is 4.58 Å².